The minimum absolute atomic E-state index is 0.0908. The fourth-order valence-corrected chi connectivity index (χ4v) is 3.19. The summed E-state index contributed by atoms with van der Waals surface area (Å²) in [6.07, 6.45) is 4.52. The Bertz CT molecular complexity index is 567. The molecule has 2 aromatic rings. The van der Waals surface area contributed by atoms with Gasteiger partial charge >= 0.3 is 0 Å². The molecule has 21 heavy (non-hydrogen) atoms. The zero-order chi connectivity index (χ0) is 15.2. The highest BCUT2D eigenvalue weighted by Crippen LogP contribution is 2.28. The van der Waals surface area contributed by atoms with Crippen LogP contribution in [0.4, 0.5) is 5.69 Å². The first-order chi connectivity index (χ1) is 10.1. The molecule has 0 aliphatic carbocycles. The summed E-state index contributed by atoms with van der Waals surface area (Å²) in [7, 11) is 1.70. The molecule has 6 nitrogen and oxygen atoms in total. The number of nitrogens with zero attached hydrogens (tertiary/aromatic N) is 3. The van der Waals surface area contributed by atoms with Crippen molar-refractivity contribution >= 4 is 17.0 Å². The summed E-state index contributed by atoms with van der Waals surface area (Å²) >= 11 is 1.72. The first-order valence-corrected chi connectivity index (χ1v) is 7.80. The number of aromatic nitrogens is 3. The van der Waals surface area contributed by atoms with Crippen molar-refractivity contribution in [3.8, 4) is 0 Å². The molecule has 0 amide bonds. The Balaban J connectivity index is 2.01. The quantitative estimate of drug-likeness (QED) is 0.780. The second-order valence-corrected chi connectivity index (χ2v) is 6.00. The van der Waals surface area contributed by atoms with E-state index in [1.807, 2.05) is 13.1 Å². The highest BCUT2D eigenvalue weighted by Gasteiger charge is 2.14. The first kappa shape index (κ1) is 15.9. The number of methoxy groups -OCH3 is 1. The van der Waals surface area contributed by atoms with Gasteiger partial charge in [0, 0.05) is 24.6 Å². The van der Waals surface area contributed by atoms with Crippen LogP contribution in [0.3, 0.4) is 0 Å². The molecule has 0 aliphatic heterocycles. The second kappa shape index (κ2) is 7.53. The Hall–Kier alpha value is -1.44. The second-order valence-electron chi connectivity index (χ2n) is 4.88. The van der Waals surface area contributed by atoms with E-state index in [4.69, 9.17) is 9.84 Å². The van der Waals surface area contributed by atoms with Crippen molar-refractivity contribution < 1.29 is 9.84 Å². The molecule has 1 unspecified atom stereocenters. The van der Waals surface area contributed by atoms with Crippen LogP contribution >= 0.6 is 11.3 Å². The van der Waals surface area contributed by atoms with Crippen LogP contribution in [0.1, 0.15) is 28.5 Å². The number of aliphatic hydroxyl groups is 1. The molecule has 0 aromatic carbocycles. The van der Waals surface area contributed by atoms with Gasteiger partial charge in [0.2, 0.25) is 0 Å². The Morgan fingerprint density at radius 2 is 2.33 bits per heavy atom. The Morgan fingerprint density at radius 1 is 1.52 bits per heavy atom. The van der Waals surface area contributed by atoms with Crippen LogP contribution in [0.5, 0.6) is 0 Å². The van der Waals surface area contributed by atoms with Crippen LogP contribution in [-0.4, -0.2) is 40.2 Å². The largest absolute Gasteiger partial charge is 0.394 e. The van der Waals surface area contributed by atoms with Crippen LogP contribution < -0.4 is 5.32 Å². The molecule has 2 N–H and O–H groups in total. The average molecular weight is 310 g/mol. The van der Waals surface area contributed by atoms with Crippen LogP contribution in [0, 0.1) is 6.92 Å². The standard InChI is InChI=1S/C14H22N4O2S/c1-10(16-12-8-15-18(9-12)5-6-19)14-11(2)17-13(21-14)4-7-20-3/h8-10,16,19H,4-7H2,1-3H3. The van der Waals surface area contributed by atoms with Crippen molar-refractivity contribution in [2.45, 2.75) is 32.9 Å². The molecule has 0 saturated heterocycles. The van der Waals surface area contributed by atoms with Gasteiger partial charge in [-0.05, 0) is 13.8 Å². The summed E-state index contributed by atoms with van der Waals surface area (Å²) < 4.78 is 6.82. The maximum atomic E-state index is 8.90. The molecule has 0 spiro atoms. The third-order valence-corrected chi connectivity index (χ3v) is 4.54. The molecule has 0 aliphatic rings. The third kappa shape index (κ3) is 4.26. The van der Waals surface area contributed by atoms with E-state index >= 15 is 0 Å². The average Bonchev–Trinajstić information content (AvgIpc) is 3.04. The minimum Gasteiger partial charge on any atom is -0.394 e. The fraction of sp³-hybridized carbons (Fsp3) is 0.571. The lowest BCUT2D eigenvalue weighted by Crippen LogP contribution is -2.06. The summed E-state index contributed by atoms with van der Waals surface area (Å²) in [6.45, 7) is 5.45. The molecule has 0 saturated carbocycles. The van der Waals surface area contributed by atoms with E-state index in [9.17, 15) is 0 Å². The Labute approximate surface area is 128 Å². The molecule has 1 atom stereocenters. The first-order valence-electron chi connectivity index (χ1n) is 6.99. The van der Waals surface area contributed by atoms with Gasteiger partial charge in [0.25, 0.3) is 0 Å². The number of hydrogen-bond acceptors (Lipinski definition) is 6. The van der Waals surface area contributed by atoms with E-state index in [0.29, 0.717) is 13.2 Å². The van der Waals surface area contributed by atoms with Gasteiger partial charge in [-0.2, -0.15) is 5.10 Å². The van der Waals surface area contributed by atoms with Crippen molar-refractivity contribution in [3.63, 3.8) is 0 Å². The number of hydrogen-bond donors (Lipinski definition) is 2. The number of thiazole rings is 1. The predicted molar refractivity (Wildman–Crippen MR) is 83.8 cm³/mol. The van der Waals surface area contributed by atoms with E-state index in [1.165, 1.54) is 4.88 Å². The zero-order valence-electron chi connectivity index (χ0n) is 12.7. The Kier molecular flexibility index (Phi) is 5.72. The fourth-order valence-electron chi connectivity index (χ4n) is 2.14. The number of aryl methyl sites for hydroxylation is 1. The van der Waals surface area contributed by atoms with E-state index < -0.39 is 0 Å². The molecular formula is C14H22N4O2S. The van der Waals surface area contributed by atoms with E-state index in [-0.39, 0.29) is 12.6 Å². The maximum absolute atomic E-state index is 8.90. The van der Waals surface area contributed by atoms with Crippen LogP contribution in [0.15, 0.2) is 12.4 Å². The van der Waals surface area contributed by atoms with E-state index in [1.54, 1.807) is 29.3 Å². The van der Waals surface area contributed by atoms with Gasteiger partial charge in [-0.3, -0.25) is 4.68 Å². The molecule has 0 radical (unpaired) electrons. The molecule has 7 heteroatoms. The third-order valence-electron chi connectivity index (χ3n) is 3.14. The number of aliphatic hydroxyl groups excluding tert-OH is 1. The van der Waals surface area contributed by atoms with Crippen LogP contribution in [0.25, 0.3) is 0 Å². The lowest BCUT2D eigenvalue weighted by atomic mass is 10.2. The SMILES string of the molecule is COCCc1nc(C)c(C(C)Nc2cnn(CCO)c2)s1. The van der Waals surface area contributed by atoms with Crippen molar-refractivity contribution in [1.29, 1.82) is 0 Å². The predicted octanol–water partition coefficient (Wildman–Crippen LogP) is 2.00. The number of anilines is 1. The zero-order valence-corrected chi connectivity index (χ0v) is 13.5. The van der Waals surface area contributed by atoms with Crippen LogP contribution in [0.2, 0.25) is 0 Å². The van der Waals surface area contributed by atoms with Gasteiger partial charge in [0.05, 0.1) is 48.4 Å². The lowest BCUT2D eigenvalue weighted by Gasteiger charge is -2.12. The molecule has 0 bridgehead atoms. The summed E-state index contributed by atoms with van der Waals surface area (Å²) in [4.78, 5) is 5.82. The van der Waals surface area contributed by atoms with Gasteiger partial charge in [0.15, 0.2) is 0 Å². The Morgan fingerprint density at radius 3 is 3.05 bits per heavy atom. The molecule has 116 valence electrons. The number of ether oxygens (including phenoxy) is 1. The van der Waals surface area contributed by atoms with Gasteiger partial charge in [-0.25, -0.2) is 4.98 Å². The summed E-state index contributed by atoms with van der Waals surface area (Å²) in [5.74, 6) is 0. The summed E-state index contributed by atoms with van der Waals surface area (Å²) in [5.41, 5.74) is 2.01. The van der Waals surface area contributed by atoms with Gasteiger partial charge < -0.3 is 15.2 Å². The van der Waals surface area contributed by atoms with E-state index in [0.717, 1.165) is 22.8 Å². The van der Waals surface area contributed by atoms with Crippen molar-refractivity contribution in [3.05, 3.63) is 28.0 Å². The summed E-state index contributed by atoms with van der Waals surface area (Å²) in [5, 5.41) is 17.6. The smallest absolute Gasteiger partial charge is 0.0954 e. The monoisotopic (exact) mass is 310 g/mol. The summed E-state index contributed by atoms with van der Waals surface area (Å²) in [6, 6.07) is 0.172. The molecular weight excluding hydrogens is 288 g/mol. The minimum atomic E-state index is 0.0908. The molecule has 2 aromatic heterocycles. The molecule has 0 fully saturated rings. The van der Waals surface area contributed by atoms with Gasteiger partial charge in [-0.1, -0.05) is 0 Å². The lowest BCUT2D eigenvalue weighted by molar-refractivity contribution is 0.202. The number of nitrogens with one attached hydrogen (secondary N) is 1. The van der Waals surface area contributed by atoms with E-state index in [2.05, 4.69) is 22.3 Å². The van der Waals surface area contributed by atoms with Gasteiger partial charge in [0.1, 0.15) is 0 Å². The normalized spacial score (nSPS) is 12.6. The van der Waals surface area contributed by atoms with Gasteiger partial charge in [-0.15, -0.1) is 11.3 Å². The van der Waals surface area contributed by atoms with Crippen LogP contribution in [-0.2, 0) is 17.7 Å². The van der Waals surface area contributed by atoms with Crippen molar-refractivity contribution in [2.24, 2.45) is 0 Å². The molecule has 2 rings (SSSR count). The highest BCUT2D eigenvalue weighted by molar-refractivity contribution is 7.11. The highest BCUT2D eigenvalue weighted by atomic mass is 32.1. The van der Waals surface area contributed by atoms with Crippen molar-refractivity contribution in [2.75, 3.05) is 25.6 Å². The molecule has 2 heterocycles. The maximum Gasteiger partial charge on any atom is 0.0954 e. The van der Waals surface area contributed by atoms with Crippen molar-refractivity contribution in [1.82, 2.24) is 14.8 Å². The number of rotatable bonds is 8. The topological polar surface area (TPSA) is 72.2 Å².